The highest BCUT2D eigenvalue weighted by Crippen LogP contribution is 2.29. The van der Waals surface area contributed by atoms with Gasteiger partial charge in [-0.1, -0.05) is 22.0 Å². The second-order valence-corrected chi connectivity index (χ2v) is 5.54. The van der Waals surface area contributed by atoms with Gasteiger partial charge in [-0.25, -0.2) is 4.39 Å². The van der Waals surface area contributed by atoms with Gasteiger partial charge in [0.25, 0.3) is 5.69 Å². The number of benzene rings is 2. The summed E-state index contributed by atoms with van der Waals surface area (Å²) in [5.74, 6) is 0.252. The highest BCUT2D eigenvalue weighted by atomic mass is 79.9. The van der Waals surface area contributed by atoms with Gasteiger partial charge in [-0.2, -0.15) is 0 Å². The average molecular weight is 354 g/mol. The fourth-order valence-corrected chi connectivity index (χ4v) is 2.39. The largest absolute Gasteiger partial charge is 0.489 e. The molecule has 0 unspecified atom stereocenters. The van der Waals surface area contributed by atoms with Crippen LogP contribution < -0.4 is 4.74 Å². The molecule has 0 aromatic heterocycles. The molecule has 0 bridgehead atoms. The molecular formula is C15H13BrFNO3. The number of nitro benzene ring substituents is 1. The third-order valence-corrected chi connectivity index (χ3v) is 3.83. The first-order chi connectivity index (χ1) is 9.88. The Morgan fingerprint density at radius 1 is 1.24 bits per heavy atom. The number of hydrogen-bond donors (Lipinski definition) is 0. The van der Waals surface area contributed by atoms with Gasteiger partial charge in [0.15, 0.2) is 0 Å². The lowest BCUT2D eigenvalue weighted by atomic mass is 10.1. The third-order valence-electron chi connectivity index (χ3n) is 3.09. The van der Waals surface area contributed by atoms with Gasteiger partial charge in [0.05, 0.1) is 4.92 Å². The van der Waals surface area contributed by atoms with E-state index in [1.54, 1.807) is 26.0 Å². The van der Waals surface area contributed by atoms with E-state index >= 15 is 0 Å². The number of nitro groups is 1. The molecule has 0 aliphatic heterocycles. The van der Waals surface area contributed by atoms with E-state index in [2.05, 4.69) is 15.9 Å². The molecule has 2 aromatic rings. The molecule has 4 nitrogen and oxygen atoms in total. The van der Waals surface area contributed by atoms with E-state index in [1.165, 1.54) is 18.2 Å². The number of rotatable bonds is 4. The van der Waals surface area contributed by atoms with Crippen molar-refractivity contribution >= 4 is 21.6 Å². The summed E-state index contributed by atoms with van der Waals surface area (Å²) >= 11 is 3.28. The topological polar surface area (TPSA) is 52.4 Å². The standard InChI is InChI=1S/C15H13BrFNO3/c1-9-6-15(10(2)5-14(9)18(19)20)21-8-11-3-4-12(17)7-13(11)16/h3-7H,8H2,1-2H3. The minimum Gasteiger partial charge on any atom is -0.489 e. The third kappa shape index (κ3) is 3.58. The molecule has 0 radical (unpaired) electrons. The fraction of sp³-hybridized carbons (Fsp3) is 0.200. The Balaban J connectivity index is 2.20. The SMILES string of the molecule is Cc1cc([N+](=O)[O-])c(C)cc1OCc1ccc(F)cc1Br. The van der Waals surface area contributed by atoms with Crippen molar-refractivity contribution in [1.29, 1.82) is 0 Å². The number of halogens is 2. The van der Waals surface area contributed by atoms with E-state index in [4.69, 9.17) is 4.74 Å². The smallest absolute Gasteiger partial charge is 0.272 e. The van der Waals surface area contributed by atoms with Crippen LogP contribution in [0.2, 0.25) is 0 Å². The minimum atomic E-state index is -0.414. The maximum Gasteiger partial charge on any atom is 0.272 e. The molecule has 0 saturated heterocycles. The summed E-state index contributed by atoms with van der Waals surface area (Å²) in [6.45, 7) is 3.67. The molecule has 0 saturated carbocycles. The van der Waals surface area contributed by atoms with Gasteiger partial charge >= 0.3 is 0 Å². The molecule has 0 atom stereocenters. The zero-order valence-electron chi connectivity index (χ0n) is 11.5. The van der Waals surface area contributed by atoms with Crippen LogP contribution in [0.5, 0.6) is 5.75 Å². The molecule has 0 aliphatic carbocycles. The van der Waals surface area contributed by atoms with Crippen molar-refractivity contribution in [2.45, 2.75) is 20.5 Å². The van der Waals surface area contributed by atoms with Crippen LogP contribution in [0, 0.1) is 29.8 Å². The normalized spacial score (nSPS) is 10.5. The summed E-state index contributed by atoms with van der Waals surface area (Å²) in [6, 6.07) is 7.49. The maximum absolute atomic E-state index is 13.0. The molecule has 0 spiro atoms. The summed E-state index contributed by atoms with van der Waals surface area (Å²) in [7, 11) is 0. The van der Waals surface area contributed by atoms with Crippen molar-refractivity contribution in [2.24, 2.45) is 0 Å². The number of ether oxygens (including phenoxy) is 1. The predicted molar refractivity (Wildman–Crippen MR) is 81.0 cm³/mol. The molecule has 0 N–H and O–H groups in total. The van der Waals surface area contributed by atoms with E-state index in [9.17, 15) is 14.5 Å². The van der Waals surface area contributed by atoms with Crippen LogP contribution in [-0.2, 0) is 6.61 Å². The van der Waals surface area contributed by atoms with E-state index in [1.807, 2.05) is 0 Å². The Kier molecular flexibility index (Phi) is 4.57. The van der Waals surface area contributed by atoms with Gasteiger partial charge in [-0.3, -0.25) is 10.1 Å². The van der Waals surface area contributed by atoms with E-state index in [0.29, 0.717) is 21.3 Å². The lowest BCUT2D eigenvalue weighted by Gasteiger charge is -2.11. The van der Waals surface area contributed by atoms with Crippen LogP contribution in [0.25, 0.3) is 0 Å². The zero-order valence-corrected chi connectivity index (χ0v) is 13.1. The molecule has 2 rings (SSSR count). The molecule has 2 aromatic carbocycles. The summed E-state index contributed by atoms with van der Waals surface area (Å²) in [4.78, 5) is 10.5. The van der Waals surface area contributed by atoms with Crippen LogP contribution in [0.1, 0.15) is 16.7 Å². The second kappa shape index (κ2) is 6.22. The molecule has 21 heavy (non-hydrogen) atoms. The van der Waals surface area contributed by atoms with Crippen molar-refractivity contribution in [3.05, 3.63) is 67.4 Å². The van der Waals surface area contributed by atoms with Gasteiger partial charge in [-0.15, -0.1) is 0 Å². The van der Waals surface area contributed by atoms with Gasteiger partial charge in [0.1, 0.15) is 18.2 Å². The highest BCUT2D eigenvalue weighted by molar-refractivity contribution is 9.10. The van der Waals surface area contributed by atoms with Gasteiger partial charge < -0.3 is 4.74 Å². The van der Waals surface area contributed by atoms with Gasteiger partial charge in [-0.05, 0) is 37.6 Å². The Morgan fingerprint density at radius 3 is 2.57 bits per heavy atom. The first-order valence-corrected chi connectivity index (χ1v) is 7.00. The minimum absolute atomic E-state index is 0.0720. The lowest BCUT2D eigenvalue weighted by Crippen LogP contribution is -2.00. The Morgan fingerprint density at radius 2 is 1.95 bits per heavy atom. The first-order valence-electron chi connectivity index (χ1n) is 6.21. The van der Waals surface area contributed by atoms with Crippen molar-refractivity contribution < 1.29 is 14.1 Å². The Bertz CT molecular complexity index is 704. The van der Waals surface area contributed by atoms with Crippen molar-refractivity contribution in [3.8, 4) is 5.75 Å². The molecule has 0 aliphatic rings. The molecule has 0 fully saturated rings. The van der Waals surface area contributed by atoms with Crippen LogP contribution in [0.15, 0.2) is 34.8 Å². The average Bonchev–Trinajstić information content (AvgIpc) is 2.40. The van der Waals surface area contributed by atoms with Crippen LogP contribution >= 0.6 is 15.9 Å². The molecule has 6 heteroatoms. The summed E-state index contributed by atoms with van der Waals surface area (Å²) in [5.41, 5.74) is 2.10. The number of hydrogen-bond acceptors (Lipinski definition) is 3. The Labute approximate surface area is 129 Å². The summed E-state index contributed by atoms with van der Waals surface area (Å²) in [5, 5.41) is 10.9. The quantitative estimate of drug-likeness (QED) is 0.591. The highest BCUT2D eigenvalue weighted by Gasteiger charge is 2.14. The molecular weight excluding hydrogens is 341 g/mol. The van der Waals surface area contributed by atoms with E-state index in [-0.39, 0.29) is 18.1 Å². The zero-order chi connectivity index (χ0) is 15.6. The molecule has 0 amide bonds. The van der Waals surface area contributed by atoms with Crippen molar-refractivity contribution in [1.82, 2.24) is 0 Å². The molecule has 110 valence electrons. The number of aryl methyl sites for hydroxylation is 2. The molecule has 0 heterocycles. The van der Waals surface area contributed by atoms with Gasteiger partial charge in [0, 0.05) is 21.7 Å². The van der Waals surface area contributed by atoms with Crippen molar-refractivity contribution in [2.75, 3.05) is 0 Å². The summed E-state index contributed by atoms with van der Waals surface area (Å²) < 4.78 is 19.3. The van der Waals surface area contributed by atoms with Crippen molar-refractivity contribution in [3.63, 3.8) is 0 Å². The van der Waals surface area contributed by atoms with E-state index in [0.717, 1.165) is 5.56 Å². The van der Waals surface area contributed by atoms with Crippen LogP contribution in [0.3, 0.4) is 0 Å². The van der Waals surface area contributed by atoms with E-state index < -0.39 is 4.92 Å². The van der Waals surface area contributed by atoms with Crippen LogP contribution in [0.4, 0.5) is 10.1 Å². The summed E-state index contributed by atoms with van der Waals surface area (Å²) in [6.07, 6.45) is 0. The van der Waals surface area contributed by atoms with Crippen LogP contribution in [-0.4, -0.2) is 4.92 Å². The number of nitrogens with zero attached hydrogens (tertiary/aromatic N) is 1. The Hall–Kier alpha value is -1.95. The predicted octanol–water partition coefficient (Wildman–Crippen LogP) is 4.69. The second-order valence-electron chi connectivity index (χ2n) is 4.69. The lowest BCUT2D eigenvalue weighted by molar-refractivity contribution is -0.385. The fourth-order valence-electron chi connectivity index (χ4n) is 1.92. The maximum atomic E-state index is 13.0. The monoisotopic (exact) mass is 353 g/mol. The first kappa shape index (κ1) is 15.4. The van der Waals surface area contributed by atoms with Gasteiger partial charge in [0.2, 0.25) is 0 Å².